The molecule has 0 spiro atoms. The quantitative estimate of drug-likeness (QED) is 0.167. The van der Waals surface area contributed by atoms with Gasteiger partial charge < -0.3 is 0 Å². The standard InChI is InChI=1S/C12H10.2C6H6.11C2H6.I2/c1-3-7-11(8-4-1)12-9-5-2-6-10-12;2*1-2-4-6-5-3-1;12*1-2/h1-10H;2*1-6H;11*1-2H3;. The van der Waals surface area contributed by atoms with Gasteiger partial charge in [0.2, 0.25) is 0 Å². The second-order valence-electron chi connectivity index (χ2n) is 5.04. The Hall–Kier alpha value is -1.66. The fraction of sp³-hybridized carbons (Fsp3) is 0.478. The van der Waals surface area contributed by atoms with Crippen molar-refractivity contribution in [3.05, 3.63) is 133 Å². The second-order valence-corrected chi connectivity index (χ2v) is 5.04. The van der Waals surface area contributed by atoms with E-state index in [1.807, 2.05) is 237 Å². The third-order valence-electron chi connectivity index (χ3n) is 3.21. The molecule has 0 saturated heterocycles. The van der Waals surface area contributed by atoms with Gasteiger partial charge in [0, 0.05) is 37.2 Å². The summed E-state index contributed by atoms with van der Waals surface area (Å²) in [5, 5.41) is 0. The molecule has 0 nitrogen and oxygen atoms in total. The maximum atomic E-state index is 2.12. The lowest BCUT2D eigenvalue weighted by Gasteiger charge is -1.98. The minimum atomic E-state index is 1.28. The average Bonchev–Trinajstić information content (AvgIpc) is 3.29. The first kappa shape index (κ1) is 76.3. The van der Waals surface area contributed by atoms with Crippen LogP contribution in [0.25, 0.3) is 11.1 Å². The van der Waals surface area contributed by atoms with Crippen LogP contribution in [-0.2, 0) is 0 Å². The van der Waals surface area contributed by atoms with Crippen molar-refractivity contribution < 1.29 is 0 Å². The summed E-state index contributed by atoms with van der Waals surface area (Å²) in [6, 6.07) is 44.8. The molecule has 4 rings (SSSR count). The first-order chi connectivity index (χ1) is 24.0. The first-order valence-electron chi connectivity index (χ1n) is 19.2. The number of hydrogen-bond donors (Lipinski definition) is 0. The molecule has 4 aromatic carbocycles. The molecule has 0 N–H and O–H groups in total. The summed E-state index contributed by atoms with van der Waals surface area (Å²) in [5.41, 5.74) is 2.55. The van der Waals surface area contributed by atoms with E-state index in [-0.39, 0.29) is 0 Å². The minimum Gasteiger partial charge on any atom is -0.0683 e. The summed E-state index contributed by atoms with van der Waals surface area (Å²) in [4.78, 5) is 0. The zero-order chi connectivity index (χ0) is 40.7. The third-order valence-corrected chi connectivity index (χ3v) is 3.21. The Balaban J connectivity index is -0.0000000373. The van der Waals surface area contributed by atoms with Crippen molar-refractivity contribution in [1.82, 2.24) is 0 Å². The lowest BCUT2D eigenvalue weighted by Crippen LogP contribution is -1.73. The topological polar surface area (TPSA) is 0 Å². The normalized spacial score (nSPS) is 5.92. The van der Waals surface area contributed by atoms with Crippen molar-refractivity contribution in [3.8, 4) is 11.1 Å². The summed E-state index contributed by atoms with van der Waals surface area (Å²) in [6.07, 6.45) is 0. The zero-order valence-electron chi connectivity index (χ0n) is 36.5. The predicted molar refractivity (Wildman–Crippen MR) is 258 cm³/mol. The van der Waals surface area contributed by atoms with Crippen molar-refractivity contribution in [3.63, 3.8) is 0 Å². The van der Waals surface area contributed by atoms with Crippen molar-refractivity contribution in [2.75, 3.05) is 0 Å². The Kier molecular flexibility index (Phi) is 204. The second kappa shape index (κ2) is 128. The van der Waals surface area contributed by atoms with Crippen LogP contribution in [0.1, 0.15) is 152 Å². The molecule has 2 heteroatoms. The number of rotatable bonds is 1. The molecular weight excluding hydrogens is 806 g/mol. The summed E-state index contributed by atoms with van der Waals surface area (Å²) in [7, 11) is 0. The highest BCUT2D eigenvalue weighted by Gasteiger charge is 1.91. The predicted octanol–water partition coefficient (Wildman–Crippen LogP) is 19.8. The molecule has 0 unspecified atom stereocenters. The fourth-order valence-electron chi connectivity index (χ4n) is 2.03. The molecule has 0 amide bonds. The molecule has 0 saturated carbocycles. The van der Waals surface area contributed by atoms with Crippen molar-refractivity contribution in [2.24, 2.45) is 0 Å². The average molecular weight is 895 g/mol. The molecular formula is C46H88I2. The lowest BCUT2D eigenvalue weighted by atomic mass is 10.1. The van der Waals surface area contributed by atoms with Gasteiger partial charge in [-0.1, -0.05) is 286 Å². The molecule has 0 fully saturated rings. The minimum absolute atomic E-state index is 1.28. The van der Waals surface area contributed by atoms with Crippen LogP contribution in [0.3, 0.4) is 0 Å². The number of benzene rings is 4. The summed E-state index contributed by atoms with van der Waals surface area (Å²) in [5.74, 6) is 0. The zero-order valence-corrected chi connectivity index (χ0v) is 40.8. The van der Waals surface area contributed by atoms with Gasteiger partial charge in [-0.25, -0.2) is 0 Å². The summed E-state index contributed by atoms with van der Waals surface area (Å²) >= 11 is 4.24. The Morgan fingerprint density at radius 1 is 0.188 bits per heavy atom. The molecule has 0 aliphatic carbocycles. The van der Waals surface area contributed by atoms with Gasteiger partial charge in [-0.3, -0.25) is 0 Å². The van der Waals surface area contributed by atoms with E-state index < -0.39 is 0 Å². The molecule has 48 heavy (non-hydrogen) atoms. The van der Waals surface area contributed by atoms with E-state index in [9.17, 15) is 0 Å². The van der Waals surface area contributed by atoms with Gasteiger partial charge in [-0.15, -0.1) is 0 Å². The van der Waals surface area contributed by atoms with Crippen LogP contribution < -0.4 is 0 Å². The van der Waals surface area contributed by atoms with Gasteiger partial charge in [0.15, 0.2) is 0 Å². The molecule has 0 aliphatic heterocycles. The summed E-state index contributed by atoms with van der Waals surface area (Å²) < 4.78 is 0. The SMILES string of the molecule is CC.CC.CC.CC.CC.CC.CC.CC.CC.CC.CC.II.c1ccc(-c2ccccc2)cc1.c1ccccc1.c1ccccc1. The van der Waals surface area contributed by atoms with Gasteiger partial charge in [0.25, 0.3) is 0 Å². The number of hydrogen-bond acceptors (Lipinski definition) is 0. The van der Waals surface area contributed by atoms with Crippen LogP contribution >= 0.6 is 37.2 Å². The van der Waals surface area contributed by atoms with E-state index >= 15 is 0 Å². The first-order valence-corrected chi connectivity index (χ1v) is 25.5. The van der Waals surface area contributed by atoms with E-state index in [2.05, 4.69) is 85.8 Å². The fourth-order valence-corrected chi connectivity index (χ4v) is 2.03. The monoisotopic (exact) mass is 894 g/mol. The van der Waals surface area contributed by atoms with Crippen LogP contribution in [-0.4, -0.2) is 0 Å². The Morgan fingerprint density at radius 3 is 0.375 bits per heavy atom. The van der Waals surface area contributed by atoms with E-state index in [0.29, 0.717) is 0 Å². The van der Waals surface area contributed by atoms with Gasteiger partial charge in [0.05, 0.1) is 0 Å². The Bertz CT molecular complexity index is 622. The van der Waals surface area contributed by atoms with Crippen LogP contribution in [0.2, 0.25) is 0 Å². The maximum absolute atomic E-state index is 2.12. The Labute approximate surface area is 331 Å². The van der Waals surface area contributed by atoms with Crippen molar-refractivity contribution in [1.29, 1.82) is 0 Å². The van der Waals surface area contributed by atoms with Gasteiger partial charge in [0.1, 0.15) is 0 Å². The smallest absolute Gasteiger partial charge is 0 e. The van der Waals surface area contributed by atoms with Crippen molar-refractivity contribution in [2.45, 2.75) is 152 Å². The van der Waals surface area contributed by atoms with Gasteiger partial charge in [-0.2, -0.15) is 0 Å². The van der Waals surface area contributed by atoms with Crippen molar-refractivity contribution >= 4 is 37.2 Å². The molecule has 0 heterocycles. The molecule has 0 radical (unpaired) electrons. The third kappa shape index (κ3) is 90.5. The maximum Gasteiger partial charge on any atom is 0 e. The molecule has 0 atom stereocenters. The van der Waals surface area contributed by atoms with E-state index in [1.54, 1.807) is 0 Å². The van der Waals surface area contributed by atoms with Crippen LogP contribution in [0.15, 0.2) is 133 Å². The Morgan fingerprint density at radius 2 is 0.271 bits per heavy atom. The molecule has 0 bridgehead atoms. The highest BCUT2D eigenvalue weighted by atomic mass is 128. The van der Waals surface area contributed by atoms with Crippen LogP contribution in [0.5, 0.6) is 0 Å². The highest BCUT2D eigenvalue weighted by molar-refractivity contribution is 15.0. The molecule has 0 aromatic heterocycles. The van der Waals surface area contributed by atoms with Crippen LogP contribution in [0, 0.1) is 0 Å². The number of halogens is 2. The molecule has 4 aromatic rings. The van der Waals surface area contributed by atoms with Gasteiger partial charge in [-0.05, 0) is 11.1 Å². The molecule has 0 aliphatic rings. The molecule has 286 valence electrons. The van der Waals surface area contributed by atoms with Gasteiger partial charge >= 0.3 is 0 Å². The van der Waals surface area contributed by atoms with E-state index in [0.717, 1.165) is 0 Å². The van der Waals surface area contributed by atoms with E-state index in [4.69, 9.17) is 0 Å². The lowest BCUT2D eigenvalue weighted by molar-refractivity contribution is 1.50. The van der Waals surface area contributed by atoms with Crippen LogP contribution in [0.4, 0.5) is 0 Å². The van der Waals surface area contributed by atoms with E-state index in [1.165, 1.54) is 11.1 Å². The highest BCUT2D eigenvalue weighted by Crippen LogP contribution is 2.17. The summed E-state index contributed by atoms with van der Waals surface area (Å²) in [6.45, 7) is 44.0. The largest absolute Gasteiger partial charge is 0.0683 e.